The van der Waals surface area contributed by atoms with Gasteiger partial charge in [0.1, 0.15) is 99.9 Å². The number of rotatable bonds is 27. The second-order valence-electron chi connectivity index (χ2n) is 30.1. The summed E-state index contributed by atoms with van der Waals surface area (Å²) in [5, 5.41) is 40.1. The first-order valence-electron chi connectivity index (χ1n) is 42.7. The molecule has 0 aliphatic rings. The fraction of sp³-hybridized carbons (Fsp3) is 0.121. The number of thiazole rings is 6. The summed E-state index contributed by atoms with van der Waals surface area (Å²) in [4.78, 5) is 98.4. The summed E-state index contributed by atoms with van der Waals surface area (Å²) in [6, 6.07) is 63.9. The van der Waals surface area contributed by atoms with Crippen molar-refractivity contribution in [1.82, 2.24) is 105 Å². The van der Waals surface area contributed by atoms with Crippen LogP contribution in [0.4, 0.5) is 75.6 Å². The van der Waals surface area contributed by atoms with Gasteiger partial charge in [0.05, 0.1) is 33.9 Å². The number of ether oxygens (including phenoxy) is 3. The molecule has 40 heteroatoms. The summed E-state index contributed by atoms with van der Waals surface area (Å²) in [5.41, 5.74) is 22.1. The molecule has 14 heterocycles. The molecule has 0 fully saturated rings. The number of aromatic amines is 1. The number of esters is 1. The maximum atomic E-state index is 11.0. The van der Waals surface area contributed by atoms with Crippen LogP contribution in [0, 0.1) is 48.5 Å². The molecule has 0 saturated carbocycles. The number of nitrogens with two attached hydrogens (primary N) is 1. The quantitative estimate of drug-likeness (QED) is 0.0170. The van der Waals surface area contributed by atoms with Gasteiger partial charge in [-0.15, -0.1) is 68.0 Å². The van der Waals surface area contributed by atoms with Crippen molar-refractivity contribution < 1.29 is 24.1 Å². The number of hydrogen-bond acceptors (Lipinski definition) is 38. The van der Waals surface area contributed by atoms with Gasteiger partial charge in [0.15, 0.2) is 5.82 Å². The largest absolute Gasteiger partial charge is 0.487 e. The highest BCUT2D eigenvalue weighted by atomic mass is 35.5. The number of aryl methyl sites for hydroxylation is 7. The fourth-order valence-electron chi connectivity index (χ4n) is 12.6. The van der Waals surface area contributed by atoms with Crippen LogP contribution in [-0.4, -0.2) is 116 Å². The number of hydrogen-bond donors (Lipinski definition) is 9. The van der Waals surface area contributed by atoms with E-state index < -0.39 is 0 Å². The lowest BCUT2D eigenvalue weighted by Gasteiger charge is -2.12. The highest BCUT2D eigenvalue weighted by Gasteiger charge is 2.17. The van der Waals surface area contributed by atoms with Crippen molar-refractivity contribution in [3.8, 4) is 75.7 Å². The number of halogens is 1. The molecule has 0 amide bonds. The number of anilines is 13. The van der Waals surface area contributed by atoms with Crippen molar-refractivity contribution in [2.75, 3.05) is 37.6 Å². The van der Waals surface area contributed by atoms with E-state index in [1.807, 2.05) is 223 Å². The van der Waals surface area contributed by atoms with Gasteiger partial charge in [-0.2, -0.15) is 5.10 Å². The van der Waals surface area contributed by atoms with Crippen LogP contribution in [0.5, 0.6) is 11.5 Å². The van der Waals surface area contributed by atoms with Crippen LogP contribution in [0.3, 0.4) is 0 Å². The summed E-state index contributed by atoms with van der Waals surface area (Å²) in [5.74, 6) is 4.83. The van der Waals surface area contributed by atoms with Crippen molar-refractivity contribution in [2.45, 2.75) is 81.8 Å². The molecule has 0 unspecified atom stereocenters. The van der Waals surface area contributed by atoms with E-state index in [0.717, 1.165) is 134 Å². The van der Waals surface area contributed by atoms with Gasteiger partial charge in [-0.1, -0.05) is 103 Å². The van der Waals surface area contributed by atoms with Gasteiger partial charge in [-0.3, -0.25) is 14.9 Å². The van der Waals surface area contributed by atoms with Crippen LogP contribution in [0.15, 0.2) is 287 Å². The van der Waals surface area contributed by atoms with Crippen molar-refractivity contribution in [3.63, 3.8) is 0 Å². The van der Waals surface area contributed by atoms with Gasteiger partial charge < -0.3 is 57.0 Å². The maximum absolute atomic E-state index is 11.0. The zero-order valence-electron chi connectivity index (χ0n) is 75.9. The minimum Gasteiger partial charge on any atom is -0.487 e. The molecule has 0 saturated heterocycles. The number of nitrogen functional groups attached to an aromatic ring is 1. The average molecular weight is 1980 g/mol. The van der Waals surface area contributed by atoms with Crippen molar-refractivity contribution in [3.05, 3.63) is 349 Å². The number of aromatic nitrogens is 21. The fourth-order valence-corrected chi connectivity index (χ4v) is 17.3. The van der Waals surface area contributed by atoms with Gasteiger partial charge in [-0.05, 0) is 179 Å². The third kappa shape index (κ3) is 29.9. The number of nitrogens with zero attached hydrogens (tertiary/aromatic N) is 20. The molecule has 10 N–H and O–H groups in total. The highest BCUT2D eigenvalue weighted by molar-refractivity contribution is 7.19. The molecule has 6 aromatic carbocycles. The van der Waals surface area contributed by atoms with Crippen LogP contribution >= 0.6 is 79.6 Å². The maximum Gasteiger partial charge on any atom is 0.302 e. The zero-order chi connectivity index (χ0) is 96.6. The Labute approximate surface area is 828 Å². The minimum absolute atomic E-state index is 0.0278. The summed E-state index contributed by atoms with van der Waals surface area (Å²) in [7, 11) is 0. The molecule has 0 radical (unpaired) electrons. The number of carbonyl (C=O) groups excluding carboxylic acids is 1. The average Bonchev–Trinajstić information content (AvgIpc) is 1.80. The lowest BCUT2D eigenvalue weighted by Crippen LogP contribution is -2.02. The molecule has 0 atom stereocenters. The number of nitrogens with one attached hydrogen (secondary N) is 7. The zero-order valence-corrected chi connectivity index (χ0v) is 81.5. The molecular formula is C99H89ClN28O5S6. The lowest BCUT2D eigenvalue weighted by molar-refractivity contribution is -0.142. The summed E-state index contributed by atoms with van der Waals surface area (Å²) in [6.45, 7) is 16.6. The Morgan fingerprint density at radius 1 is 0.367 bits per heavy atom. The van der Waals surface area contributed by atoms with E-state index in [9.17, 15) is 9.90 Å². The predicted molar refractivity (Wildman–Crippen MR) is 553 cm³/mol. The van der Waals surface area contributed by atoms with Crippen LogP contribution < -0.4 is 47.1 Å². The number of para-hydroxylation sites is 4. The van der Waals surface area contributed by atoms with Crippen LogP contribution in [-0.2, 0) is 36.0 Å². The standard InChI is InChI=1S/C23H20N4O3S.C21H18N4O2S.C15H13ClN4S.C15H15N5S.C13H11N5S.C12H12N6S/c1-16(28)29-15-18-13-25-22(31-18)20-11-12-24-23(27-20)26-19-9-5-6-10-21(19)30-14-17-7-3-2-4-8-17;26-13-16-12-23-20(28-16)18-10-11-22-21(25-18)24-17-8-4-5-9-19(17)27-14-15-6-2-1-3-7-15;1-9-5-10(2)7-11(6-9)19-15-17-4-3-12(20-15)14-18-8-13(16)21-14;1-9-5-11(16)7-12(6-9)19-15-17-4-3-13(20-15)14-18-8-10(2)21-14;1-9-8-16-12(19-9)11-4-7-15-13(18-11)17-10-2-5-14-6-3-10;1-7-5-10(18-17-7)16-12-13-4-3-9(15-12)11-14-6-8(2)19-11/h2-13H,14-15H2,1H3,(H,24,26,27);1-12,26H,13-14H2,(H,22,24,25);3-8H,1-2H3,(H,17,19,20);3-8H,16H2,1-2H3,(H,17,19,20);2-8H,1H3,(H,14,15,17,18);3-6H,1-2H3,(H2,13,15,16,17,18). The number of H-pyrrole nitrogens is 1. The Hall–Kier alpha value is -16.1. The molecule has 0 spiro atoms. The van der Waals surface area contributed by atoms with Crippen LogP contribution in [0.25, 0.3) is 64.2 Å². The third-order valence-corrected chi connectivity index (χ3v) is 24.7. The van der Waals surface area contributed by atoms with Gasteiger partial charge in [-0.25, -0.2) is 89.7 Å². The van der Waals surface area contributed by atoms with Gasteiger partial charge >= 0.3 is 5.97 Å². The van der Waals surface area contributed by atoms with Gasteiger partial charge in [0.2, 0.25) is 35.7 Å². The lowest BCUT2D eigenvalue weighted by atomic mass is 10.1. The SMILES string of the molecule is CC(=O)OCc1cnc(-c2ccnc(Nc3ccccc3OCc3ccccc3)n2)s1.Cc1cc(C)cc(Nc2nccc(-c3ncc(Cl)s3)n2)c1.Cc1cc(N)cc(Nc2nccc(-c3ncc(C)s3)n2)c1.Cc1cc(Nc2nccc(-c3ncc(C)s3)n2)n[nH]1.Cc1cnc(-c2ccnc(Nc3ccncc3)n2)s1.OCc1cnc(-c2ccnc(Nc3ccccc3OCc3ccccc3)n2)s1. The van der Waals surface area contributed by atoms with Gasteiger partial charge in [0, 0.05) is 137 Å². The molecule has 20 aromatic rings. The highest BCUT2D eigenvalue weighted by Crippen LogP contribution is 2.35. The Morgan fingerprint density at radius 3 is 1.12 bits per heavy atom. The second kappa shape index (κ2) is 48.9. The first kappa shape index (κ1) is 97.4. The van der Waals surface area contributed by atoms with Crippen molar-refractivity contribution >= 4 is 161 Å². The minimum atomic E-state index is -0.323. The molecule has 33 nitrogen and oxygen atoms in total. The smallest absolute Gasteiger partial charge is 0.302 e. The van der Waals surface area contributed by atoms with E-state index in [0.29, 0.717) is 81.9 Å². The Balaban J connectivity index is 0.000000128. The van der Waals surface area contributed by atoms with E-state index in [2.05, 4.69) is 169 Å². The number of aliphatic hydroxyl groups excluding tert-OH is 1. The first-order valence-corrected chi connectivity index (χ1v) is 48.0. The van der Waals surface area contributed by atoms with E-state index in [-0.39, 0.29) is 19.2 Å². The molecule has 20 rings (SSSR count). The number of carbonyl (C=O) groups is 1. The molecule has 139 heavy (non-hydrogen) atoms. The monoisotopic (exact) mass is 1980 g/mol. The van der Waals surface area contributed by atoms with Crippen molar-refractivity contribution in [2.24, 2.45) is 0 Å². The summed E-state index contributed by atoms with van der Waals surface area (Å²) >= 11 is 15.0. The topological polar surface area (TPSA) is 437 Å². The molecule has 0 bridgehead atoms. The van der Waals surface area contributed by atoms with E-state index in [1.165, 1.54) is 52.1 Å². The Bertz CT molecular complexity index is 7220. The van der Waals surface area contributed by atoms with Crippen molar-refractivity contribution in [1.29, 1.82) is 0 Å². The number of benzene rings is 6. The molecular weight excluding hydrogens is 1890 g/mol. The first-order chi connectivity index (χ1) is 67.7. The normalized spacial score (nSPS) is 10.5. The molecule has 14 aromatic heterocycles. The number of pyridine rings is 1. The van der Waals surface area contributed by atoms with Crippen LogP contribution in [0.2, 0.25) is 4.34 Å². The third-order valence-electron chi connectivity index (χ3n) is 18.7. The Kier molecular flexibility index (Phi) is 34.2. The van der Waals surface area contributed by atoms with Crippen LogP contribution in [0.1, 0.15) is 64.8 Å². The predicted octanol–water partition coefficient (Wildman–Crippen LogP) is 23.3. The molecule has 0 aliphatic carbocycles. The molecule has 698 valence electrons. The van der Waals surface area contributed by atoms with E-state index in [1.54, 1.807) is 114 Å². The Morgan fingerprint density at radius 2 is 0.734 bits per heavy atom. The van der Waals surface area contributed by atoms with E-state index >= 15 is 0 Å². The summed E-state index contributed by atoms with van der Waals surface area (Å²) < 4.78 is 17.6. The second-order valence-corrected chi connectivity index (χ2v) is 37.7. The summed E-state index contributed by atoms with van der Waals surface area (Å²) in [6.07, 6.45) is 24.1. The van der Waals surface area contributed by atoms with E-state index in [4.69, 9.17) is 31.5 Å². The molecule has 0 aliphatic heterocycles. The number of aliphatic hydroxyl groups is 1. The van der Waals surface area contributed by atoms with Gasteiger partial charge in [0.25, 0.3) is 0 Å².